The zero-order valence-corrected chi connectivity index (χ0v) is 17.3. The average Bonchev–Trinajstić information content (AvgIpc) is 2.94. The average molecular weight is 405 g/mol. The van der Waals surface area contributed by atoms with Gasteiger partial charge in [-0.3, -0.25) is 14.5 Å². The van der Waals surface area contributed by atoms with Crippen LogP contribution >= 0.6 is 24.0 Å². The topological polar surface area (TPSA) is 49.9 Å². The fourth-order valence-corrected chi connectivity index (χ4v) is 4.54. The lowest BCUT2D eigenvalue weighted by Crippen LogP contribution is -2.40. The number of likely N-dealkylation sites (tertiary alicyclic amines) is 1. The predicted octanol–water partition coefficient (Wildman–Crippen LogP) is 3.55. The summed E-state index contributed by atoms with van der Waals surface area (Å²) in [5.41, 5.74) is 0.832. The minimum Gasteiger partial charge on any atom is -0.496 e. The van der Waals surface area contributed by atoms with Crippen LogP contribution in [0.3, 0.4) is 0 Å². The Kier molecular flexibility index (Phi) is 6.55. The van der Waals surface area contributed by atoms with Crippen LogP contribution in [0.5, 0.6) is 5.75 Å². The highest BCUT2D eigenvalue weighted by molar-refractivity contribution is 8.26. The summed E-state index contributed by atoms with van der Waals surface area (Å²) in [5.74, 6) is 1.35. The molecule has 3 rings (SSSR count). The van der Waals surface area contributed by atoms with Crippen molar-refractivity contribution in [3.05, 3.63) is 34.7 Å². The van der Waals surface area contributed by atoms with Crippen LogP contribution in [0.15, 0.2) is 29.2 Å². The van der Waals surface area contributed by atoms with Crippen molar-refractivity contribution in [1.29, 1.82) is 0 Å². The molecule has 0 radical (unpaired) electrons. The number of thiocarbonyl (C=S) groups is 1. The van der Waals surface area contributed by atoms with E-state index in [0.717, 1.165) is 31.5 Å². The summed E-state index contributed by atoms with van der Waals surface area (Å²) < 4.78 is 5.84. The zero-order chi connectivity index (χ0) is 19.4. The molecule has 0 atom stereocenters. The van der Waals surface area contributed by atoms with Gasteiger partial charge in [-0.25, -0.2) is 0 Å². The fraction of sp³-hybridized carbons (Fsp3) is 0.450. The number of amides is 2. The standard InChI is InChI=1S/C20H24N2O3S2/c1-14-7-10-21(11-8-14)18(23)9-12-22-19(24)17(27-20(22)26)13-15-5-3-4-6-16(15)25-2/h3-6,13-14H,7-12H2,1-2H3. The molecule has 1 aromatic rings. The van der Waals surface area contributed by atoms with Crippen molar-refractivity contribution in [1.82, 2.24) is 9.80 Å². The van der Waals surface area contributed by atoms with Crippen LogP contribution in [0.2, 0.25) is 0 Å². The predicted molar refractivity (Wildman–Crippen MR) is 112 cm³/mol. The van der Waals surface area contributed by atoms with Crippen LogP contribution in [0.1, 0.15) is 31.7 Å². The van der Waals surface area contributed by atoms with Gasteiger partial charge in [-0.2, -0.15) is 0 Å². The number of carbonyl (C=O) groups is 2. The maximum atomic E-state index is 12.7. The number of nitrogens with zero attached hydrogens (tertiary/aromatic N) is 2. The van der Waals surface area contributed by atoms with Gasteiger partial charge in [-0.1, -0.05) is 49.1 Å². The molecule has 7 heteroatoms. The van der Waals surface area contributed by atoms with Crippen molar-refractivity contribution in [2.75, 3.05) is 26.7 Å². The molecule has 2 fully saturated rings. The lowest BCUT2D eigenvalue weighted by atomic mass is 9.99. The third kappa shape index (κ3) is 4.71. The Morgan fingerprint density at radius 1 is 1.33 bits per heavy atom. The van der Waals surface area contributed by atoms with E-state index in [1.807, 2.05) is 29.2 Å². The second-order valence-electron chi connectivity index (χ2n) is 6.89. The van der Waals surface area contributed by atoms with Crippen molar-refractivity contribution < 1.29 is 14.3 Å². The summed E-state index contributed by atoms with van der Waals surface area (Å²) in [5, 5.41) is 0. The molecule has 0 saturated carbocycles. The Morgan fingerprint density at radius 2 is 2.04 bits per heavy atom. The number of benzene rings is 1. The molecular weight excluding hydrogens is 380 g/mol. The summed E-state index contributed by atoms with van der Waals surface area (Å²) in [4.78, 5) is 29.2. The van der Waals surface area contributed by atoms with E-state index in [4.69, 9.17) is 17.0 Å². The van der Waals surface area contributed by atoms with Crippen LogP contribution in [-0.4, -0.2) is 52.7 Å². The maximum absolute atomic E-state index is 12.7. The van der Waals surface area contributed by atoms with Gasteiger partial charge < -0.3 is 9.64 Å². The Balaban J connectivity index is 1.62. The van der Waals surface area contributed by atoms with Crippen molar-refractivity contribution >= 4 is 46.2 Å². The monoisotopic (exact) mass is 404 g/mol. The van der Waals surface area contributed by atoms with Gasteiger partial charge in [0.05, 0.1) is 12.0 Å². The summed E-state index contributed by atoms with van der Waals surface area (Å²) >= 11 is 6.64. The van der Waals surface area contributed by atoms with Gasteiger partial charge in [-0.15, -0.1) is 0 Å². The summed E-state index contributed by atoms with van der Waals surface area (Å²) in [6.45, 7) is 4.17. The number of carbonyl (C=O) groups excluding carboxylic acids is 2. The molecule has 0 unspecified atom stereocenters. The number of rotatable bonds is 5. The molecule has 1 aromatic carbocycles. The molecule has 2 amide bonds. The second-order valence-corrected chi connectivity index (χ2v) is 8.56. The van der Waals surface area contributed by atoms with Crippen LogP contribution < -0.4 is 4.74 Å². The summed E-state index contributed by atoms with van der Waals surface area (Å²) in [7, 11) is 1.60. The van der Waals surface area contributed by atoms with Crippen molar-refractivity contribution in [2.24, 2.45) is 5.92 Å². The maximum Gasteiger partial charge on any atom is 0.266 e. The van der Waals surface area contributed by atoms with Gasteiger partial charge in [0.2, 0.25) is 5.91 Å². The van der Waals surface area contributed by atoms with Crippen LogP contribution in [0.25, 0.3) is 6.08 Å². The Labute approximate surface area is 169 Å². The minimum atomic E-state index is -0.143. The van der Waals surface area contributed by atoms with E-state index >= 15 is 0 Å². The van der Waals surface area contributed by atoms with E-state index in [0.29, 0.717) is 33.9 Å². The molecule has 0 N–H and O–H groups in total. The van der Waals surface area contributed by atoms with E-state index < -0.39 is 0 Å². The Hall–Kier alpha value is -1.86. The molecule has 2 heterocycles. The molecule has 0 aromatic heterocycles. The molecule has 0 spiro atoms. The smallest absolute Gasteiger partial charge is 0.266 e. The van der Waals surface area contributed by atoms with E-state index in [9.17, 15) is 9.59 Å². The van der Waals surface area contributed by atoms with Gasteiger partial charge >= 0.3 is 0 Å². The number of hydrogen-bond donors (Lipinski definition) is 0. The lowest BCUT2D eigenvalue weighted by molar-refractivity contribution is -0.133. The zero-order valence-electron chi connectivity index (χ0n) is 15.6. The summed E-state index contributed by atoms with van der Waals surface area (Å²) in [6, 6.07) is 7.53. The fourth-order valence-electron chi connectivity index (χ4n) is 3.24. The van der Waals surface area contributed by atoms with Crippen LogP contribution in [0, 0.1) is 5.92 Å². The van der Waals surface area contributed by atoms with Gasteiger partial charge in [0.25, 0.3) is 5.91 Å². The van der Waals surface area contributed by atoms with Gasteiger partial charge in [0.15, 0.2) is 0 Å². The molecule has 27 heavy (non-hydrogen) atoms. The first-order valence-corrected chi connectivity index (χ1v) is 10.4. The molecule has 5 nitrogen and oxygen atoms in total. The van der Waals surface area contributed by atoms with Gasteiger partial charge in [-0.05, 0) is 30.9 Å². The highest BCUT2D eigenvalue weighted by atomic mass is 32.2. The number of methoxy groups -OCH3 is 1. The molecule has 2 aliphatic heterocycles. The van der Waals surface area contributed by atoms with E-state index in [1.165, 1.54) is 16.7 Å². The van der Waals surface area contributed by atoms with E-state index in [1.54, 1.807) is 13.2 Å². The third-order valence-electron chi connectivity index (χ3n) is 4.98. The van der Waals surface area contributed by atoms with Crippen LogP contribution in [-0.2, 0) is 9.59 Å². The summed E-state index contributed by atoms with van der Waals surface area (Å²) in [6.07, 6.45) is 4.21. The SMILES string of the molecule is COc1ccccc1C=C1SC(=S)N(CCC(=O)N2CCC(C)CC2)C1=O. The molecule has 144 valence electrons. The number of hydrogen-bond acceptors (Lipinski definition) is 5. The molecule has 0 bridgehead atoms. The largest absolute Gasteiger partial charge is 0.496 e. The normalized spacial score (nSPS) is 19.9. The highest BCUT2D eigenvalue weighted by Crippen LogP contribution is 2.34. The number of ether oxygens (including phenoxy) is 1. The second kappa shape index (κ2) is 8.89. The van der Waals surface area contributed by atoms with E-state index in [2.05, 4.69) is 6.92 Å². The molecule has 2 aliphatic rings. The molecular formula is C20H24N2O3S2. The van der Waals surface area contributed by atoms with Gasteiger partial charge in [0.1, 0.15) is 10.1 Å². The van der Waals surface area contributed by atoms with Crippen molar-refractivity contribution in [2.45, 2.75) is 26.2 Å². The van der Waals surface area contributed by atoms with Gasteiger partial charge in [0, 0.05) is 31.6 Å². The Bertz CT molecular complexity index is 770. The first-order valence-electron chi connectivity index (χ1n) is 9.15. The molecule has 0 aliphatic carbocycles. The van der Waals surface area contributed by atoms with Crippen molar-refractivity contribution in [3.63, 3.8) is 0 Å². The molecule has 2 saturated heterocycles. The van der Waals surface area contributed by atoms with E-state index in [-0.39, 0.29) is 11.8 Å². The minimum absolute atomic E-state index is 0.102. The highest BCUT2D eigenvalue weighted by Gasteiger charge is 2.33. The quantitative estimate of drug-likeness (QED) is 0.555. The Morgan fingerprint density at radius 3 is 2.74 bits per heavy atom. The number of piperidine rings is 1. The first kappa shape index (κ1) is 19.9. The third-order valence-corrected chi connectivity index (χ3v) is 6.36. The first-order chi connectivity index (χ1) is 13.0. The van der Waals surface area contributed by atoms with Crippen molar-refractivity contribution in [3.8, 4) is 5.75 Å². The lowest BCUT2D eigenvalue weighted by Gasteiger charge is -2.30. The van der Waals surface area contributed by atoms with Crippen LogP contribution in [0.4, 0.5) is 0 Å². The number of para-hydroxylation sites is 1. The number of thioether (sulfide) groups is 1.